The lowest BCUT2D eigenvalue weighted by atomic mass is 10.1. The zero-order chi connectivity index (χ0) is 15.8. The number of aromatic nitrogens is 1. The van der Waals surface area contributed by atoms with Gasteiger partial charge in [0.1, 0.15) is 0 Å². The van der Waals surface area contributed by atoms with Gasteiger partial charge >= 0.3 is 0 Å². The summed E-state index contributed by atoms with van der Waals surface area (Å²) in [6.07, 6.45) is 0.904. The van der Waals surface area contributed by atoms with E-state index in [2.05, 4.69) is 15.6 Å². The molecule has 0 saturated heterocycles. The number of amides is 1. The molecule has 1 heterocycles. The molecule has 1 aromatic carbocycles. The lowest BCUT2D eigenvalue weighted by Crippen LogP contribution is -2.31. The number of carbonyl (C=O) groups is 1. The van der Waals surface area contributed by atoms with Gasteiger partial charge in [0.05, 0.1) is 5.69 Å². The van der Waals surface area contributed by atoms with Crippen molar-refractivity contribution in [2.24, 2.45) is 0 Å². The first-order valence-corrected chi connectivity index (χ1v) is 7.70. The van der Waals surface area contributed by atoms with Crippen molar-refractivity contribution in [3.05, 3.63) is 41.9 Å². The summed E-state index contributed by atoms with van der Waals surface area (Å²) >= 11 is 0. The summed E-state index contributed by atoms with van der Waals surface area (Å²) in [7, 11) is 0. The van der Waals surface area contributed by atoms with E-state index in [1.54, 1.807) is 0 Å². The summed E-state index contributed by atoms with van der Waals surface area (Å²) in [6, 6.07) is 9.88. The normalized spacial score (nSPS) is 9.75. The Kier molecular flexibility index (Phi) is 11.1. The van der Waals surface area contributed by atoms with E-state index in [0.717, 1.165) is 30.1 Å². The first kappa shape index (κ1) is 22.4. The number of hydrogen-bond acceptors (Lipinski definition) is 4. The maximum absolute atomic E-state index is 11.7. The van der Waals surface area contributed by atoms with Crippen molar-refractivity contribution in [2.45, 2.75) is 26.7 Å². The first-order valence-electron chi connectivity index (χ1n) is 7.70. The third-order valence-corrected chi connectivity index (χ3v) is 3.32. The van der Waals surface area contributed by atoms with Gasteiger partial charge in [0, 0.05) is 31.5 Å². The zero-order valence-corrected chi connectivity index (χ0v) is 15.6. The SMILES string of the molecule is CCNCCNC(=O)CCc1nc(C)c(-c2ccccc2)o1.Cl.Cl. The molecule has 0 bridgehead atoms. The highest BCUT2D eigenvalue weighted by atomic mass is 35.5. The molecule has 0 atom stereocenters. The average Bonchev–Trinajstić information content (AvgIpc) is 2.91. The van der Waals surface area contributed by atoms with E-state index in [1.807, 2.05) is 44.2 Å². The Morgan fingerprint density at radius 3 is 2.54 bits per heavy atom. The Morgan fingerprint density at radius 1 is 1.17 bits per heavy atom. The van der Waals surface area contributed by atoms with Crippen LogP contribution >= 0.6 is 24.8 Å². The minimum Gasteiger partial charge on any atom is -0.440 e. The second kappa shape index (κ2) is 11.9. The highest BCUT2D eigenvalue weighted by Gasteiger charge is 2.12. The van der Waals surface area contributed by atoms with Crippen LogP contribution in [0.2, 0.25) is 0 Å². The van der Waals surface area contributed by atoms with Crippen molar-refractivity contribution in [2.75, 3.05) is 19.6 Å². The maximum Gasteiger partial charge on any atom is 0.220 e. The van der Waals surface area contributed by atoms with Crippen molar-refractivity contribution >= 4 is 30.7 Å². The van der Waals surface area contributed by atoms with Crippen LogP contribution in [0, 0.1) is 6.92 Å². The van der Waals surface area contributed by atoms with E-state index in [0.29, 0.717) is 25.3 Å². The number of rotatable bonds is 8. The van der Waals surface area contributed by atoms with E-state index >= 15 is 0 Å². The van der Waals surface area contributed by atoms with Gasteiger partial charge in [-0.05, 0) is 13.5 Å². The van der Waals surface area contributed by atoms with Gasteiger partial charge < -0.3 is 15.1 Å². The number of benzene rings is 1. The van der Waals surface area contributed by atoms with Gasteiger partial charge in [0.15, 0.2) is 11.7 Å². The van der Waals surface area contributed by atoms with E-state index in [9.17, 15) is 4.79 Å². The fourth-order valence-corrected chi connectivity index (χ4v) is 2.19. The van der Waals surface area contributed by atoms with E-state index in [4.69, 9.17) is 4.42 Å². The lowest BCUT2D eigenvalue weighted by molar-refractivity contribution is -0.121. The van der Waals surface area contributed by atoms with E-state index in [-0.39, 0.29) is 30.7 Å². The van der Waals surface area contributed by atoms with Gasteiger partial charge in [-0.1, -0.05) is 37.3 Å². The van der Waals surface area contributed by atoms with Crippen LogP contribution in [0.3, 0.4) is 0 Å². The Bertz CT molecular complexity index is 603. The predicted molar refractivity (Wildman–Crippen MR) is 101 cm³/mol. The standard InChI is InChI=1S/C17H23N3O2.2ClH/c1-3-18-11-12-19-15(21)9-10-16-20-13(2)17(22-16)14-7-5-4-6-8-14;;/h4-8,18H,3,9-12H2,1-2H3,(H,19,21);2*1H. The zero-order valence-electron chi connectivity index (χ0n) is 14.0. The Balaban J connectivity index is 0.00000264. The van der Waals surface area contributed by atoms with Crippen LogP contribution in [0.25, 0.3) is 11.3 Å². The van der Waals surface area contributed by atoms with Crippen LogP contribution in [0.5, 0.6) is 0 Å². The molecular weight excluding hydrogens is 349 g/mol. The lowest BCUT2D eigenvalue weighted by Gasteiger charge is -2.04. The second-order valence-corrected chi connectivity index (χ2v) is 5.09. The highest BCUT2D eigenvalue weighted by Crippen LogP contribution is 2.24. The van der Waals surface area contributed by atoms with Gasteiger partial charge in [-0.2, -0.15) is 0 Å². The number of carbonyl (C=O) groups excluding carboxylic acids is 1. The molecule has 1 aromatic heterocycles. The van der Waals surface area contributed by atoms with Crippen LogP contribution in [-0.2, 0) is 11.2 Å². The summed E-state index contributed by atoms with van der Waals surface area (Å²) in [5.41, 5.74) is 1.86. The summed E-state index contributed by atoms with van der Waals surface area (Å²) in [6.45, 7) is 6.31. The maximum atomic E-state index is 11.7. The molecule has 134 valence electrons. The molecule has 0 saturated carbocycles. The molecule has 5 nitrogen and oxygen atoms in total. The van der Waals surface area contributed by atoms with Crippen LogP contribution in [0.15, 0.2) is 34.7 Å². The smallest absolute Gasteiger partial charge is 0.220 e. The number of aryl methyl sites for hydroxylation is 2. The van der Waals surface area contributed by atoms with Crippen LogP contribution < -0.4 is 10.6 Å². The van der Waals surface area contributed by atoms with Gasteiger partial charge in [0.25, 0.3) is 0 Å². The van der Waals surface area contributed by atoms with E-state index < -0.39 is 0 Å². The summed E-state index contributed by atoms with van der Waals surface area (Å²) in [4.78, 5) is 16.1. The molecule has 0 aliphatic carbocycles. The van der Waals surface area contributed by atoms with Crippen LogP contribution in [0.4, 0.5) is 0 Å². The fourth-order valence-electron chi connectivity index (χ4n) is 2.19. The Morgan fingerprint density at radius 2 is 1.88 bits per heavy atom. The topological polar surface area (TPSA) is 67.2 Å². The summed E-state index contributed by atoms with van der Waals surface area (Å²) in [5.74, 6) is 1.41. The van der Waals surface area contributed by atoms with Crippen molar-refractivity contribution in [1.29, 1.82) is 0 Å². The summed E-state index contributed by atoms with van der Waals surface area (Å²) in [5, 5.41) is 6.03. The Hall–Kier alpha value is -1.56. The molecule has 2 N–H and O–H groups in total. The van der Waals surface area contributed by atoms with E-state index in [1.165, 1.54) is 0 Å². The molecule has 0 radical (unpaired) electrons. The third-order valence-electron chi connectivity index (χ3n) is 3.32. The first-order chi connectivity index (χ1) is 10.7. The van der Waals surface area contributed by atoms with Gasteiger partial charge in [-0.25, -0.2) is 4.98 Å². The molecule has 1 amide bonds. The van der Waals surface area contributed by atoms with Gasteiger partial charge in [0.2, 0.25) is 5.91 Å². The molecule has 24 heavy (non-hydrogen) atoms. The average molecular weight is 374 g/mol. The molecule has 0 aliphatic rings. The van der Waals surface area contributed by atoms with Gasteiger partial charge in [-0.3, -0.25) is 4.79 Å². The van der Waals surface area contributed by atoms with Crippen LogP contribution in [-0.4, -0.2) is 30.5 Å². The largest absolute Gasteiger partial charge is 0.440 e. The molecule has 0 unspecified atom stereocenters. The minimum atomic E-state index is 0. The fraction of sp³-hybridized carbons (Fsp3) is 0.412. The minimum absolute atomic E-state index is 0. The van der Waals surface area contributed by atoms with Crippen molar-refractivity contribution in [3.63, 3.8) is 0 Å². The predicted octanol–water partition coefficient (Wildman–Crippen LogP) is 3.15. The van der Waals surface area contributed by atoms with Gasteiger partial charge in [-0.15, -0.1) is 24.8 Å². The quantitative estimate of drug-likeness (QED) is 0.697. The monoisotopic (exact) mass is 373 g/mol. The number of oxazole rings is 1. The van der Waals surface area contributed by atoms with Crippen molar-refractivity contribution < 1.29 is 9.21 Å². The third kappa shape index (κ3) is 6.91. The molecular formula is C17H25Cl2N3O2. The van der Waals surface area contributed by atoms with Crippen molar-refractivity contribution in [3.8, 4) is 11.3 Å². The molecule has 2 aromatic rings. The highest BCUT2D eigenvalue weighted by molar-refractivity contribution is 5.85. The Labute approximate surface area is 155 Å². The molecule has 0 fully saturated rings. The van der Waals surface area contributed by atoms with Crippen molar-refractivity contribution in [1.82, 2.24) is 15.6 Å². The number of halogens is 2. The summed E-state index contributed by atoms with van der Waals surface area (Å²) < 4.78 is 5.79. The molecule has 7 heteroatoms. The molecule has 0 aliphatic heterocycles. The molecule has 0 spiro atoms. The number of likely N-dealkylation sites (N-methyl/N-ethyl adjacent to an activating group) is 1. The number of nitrogens with one attached hydrogen (secondary N) is 2. The molecule has 2 rings (SSSR count). The van der Waals surface area contributed by atoms with Crippen LogP contribution in [0.1, 0.15) is 24.9 Å². The number of nitrogens with zero attached hydrogens (tertiary/aromatic N) is 1. The number of hydrogen-bond donors (Lipinski definition) is 2. The second-order valence-electron chi connectivity index (χ2n) is 5.09.